The van der Waals surface area contributed by atoms with E-state index >= 15 is 0 Å². The summed E-state index contributed by atoms with van der Waals surface area (Å²) in [5.41, 5.74) is 3.43. The number of methoxy groups -OCH3 is 1. The summed E-state index contributed by atoms with van der Waals surface area (Å²) in [6.07, 6.45) is 1.79. The zero-order valence-electron chi connectivity index (χ0n) is 14.4. The maximum Gasteiger partial charge on any atom is 0.251 e. The second-order valence-corrected chi connectivity index (χ2v) is 6.65. The molecule has 7 heteroatoms. The van der Waals surface area contributed by atoms with E-state index in [2.05, 4.69) is 20.5 Å². The van der Waals surface area contributed by atoms with Crippen molar-refractivity contribution in [2.75, 3.05) is 7.11 Å². The molecule has 0 bridgehead atoms. The van der Waals surface area contributed by atoms with Crippen molar-refractivity contribution >= 4 is 17.7 Å². The number of ether oxygens (including phenoxy) is 1. The van der Waals surface area contributed by atoms with Gasteiger partial charge >= 0.3 is 0 Å². The Bertz CT molecular complexity index is 834. The summed E-state index contributed by atoms with van der Waals surface area (Å²) in [6.45, 7) is 0.843. The molecular formula is C19H20N4O2S. The van der Waals surface area contributed by atoms with Gasteiger partial charge in [0.1, 0.15) is 0 Å². The van der Waals surface area contributed by atoms with Gasteiger partial charge in [0.15, 0.2) is 0 Å². The number of amides is 1. The fourth-order valence-corrected chi connectivity index (χ4v) is 3.16. The molecule has 0 aliphatic heterocycles. The van der Waals surface area contributed by atoms with Crippen molar-refractivity contribution in [3.63, 3.8) is 0 Å². The Morgan fingerprint density at radius 2 is 2.08 bits per heavy atom. The van der Waals surface area contributed by atoms with Crippen molar-refractivity contribution in [1.82, 2.24) is 20.5 Å². The van der Waals surface area contributed by atoms with Gasteiger partial charge in [-0.3, -0.25) is 9.89 Å². The first-order valence-corrected chi connectivity index (χ1v) is 9.16. The topological polar surface area (TPSA) is 79.9 Å². The van der Waals surface area contributed by atoms with Crippen LogP contribution in [0.5, 0.6) is 0 Å². The standard InChI is InChI=1S/C19H20N4O2S/c1-25-12-17-10-16(22-23-17)11-21-19(24)15-7-5-14(6-8-15)13-26-18-4-2-3-9-20-18/h2-10H,11-13H2,1H3,(H,21,24)(H,22,23). The molecule has 134 valence electrons. The minimum Gasteiger partial charge on any atom is -0.378 e. The van der Waals surface area contributed by atoms with Crippen LogP contribution in [0.15, 0.2) is 59.8 Å². The number of benzene rings is 1. The third-order valence-corrected chi connectivity index (χ3v) is 4.67. The molecule has 3 aromatic rings. The molecule has 6 nitrogen and oxygen atoms in total. The lowest BCUT2D eigenvalue weighted by molar-refractivity contribution is 0.0950. The van der Waals surface area contributed by atoms with Gasteiger partial charge in [0.2, 0.25) is 0 Å². The number of hydrogen-bond donors (Lipinski definition) is 2. The summed E-state index contributed by atoms with van der Waals surface area (Å²) in [5, 5.41) is 10.9. The van der Waals surface area contributed by atoms with E-state index in [1.165, 1.54) is 0 Å². The molecule has 1 amide bonds. The molecule has 3 rings (SSSR count). The lowest BCUT2D eigenvalue weighted by Crippen LogP contribution is -2.22. The summed E-state index contributed by atoms with van der Waals surface area (Å²) in [6, 6.07) is 15.4. The Labute approximate surface area is 156 Å². The van der Waals surface area contributed by atoms with E-state index in [4.69, 9.17) is 4.74 Å². The van der Waals surface area contributed by atoms with Crippen LogP contribution in [0.2, 0.25) is 0 Å². The minimum absolute atomic E-state index is 0.114. The Kier molecular flexibility index (Phi) is 6.40. The third-order valence-electron chi connectivity index (χ3n) is 3.66. The van der Waals surface area contributed by atoms with Crippen molar-refractivity contribution in [3.05, 3.63) is 77.2 Å². The van der Waals surface area contributed by atoms with Crippen LogP contribution in [0.4, 0.5) is 0 Å². The minimum atomic E-state index is -0.114. The highest BCUT2D eigenvalue weighted by molar-refractivity contribution is 7.98. The summed E-state index contributed by atoms with van der Waals surface area (Å²) in [4.78, 5) is 16.5. The van der Waals surface area contributed by atoms with Crippen LogP contribution < -0.4 is 5.32 Å². The molecule has 0 radical (unpaired) electrons. The van der Waals surface area contributed by atoms with Gasteiger partial charge in [-0.15, -0.1) is 11.8 Å². The first-order chi connectivity index (χ1) is 12.7. The van der Waals surface area contributed by atoms with Gasteiger partial charge in [-0.2, -0.15) is 5.10 Å². The number of carbonyl (C=O) groups excluding carboxylic acids is 1. The van der Waals surface area contributed by atoms with E-state index in [-0.39, 0.29) is 5.91 Å². The van der Waals surface area contributed by atoms with Crippen LogP contribution in [0.25, 0.3) is 0 Å². The number of nitrogens with one attached hydrogen (secondary N) is 2. The van der Waals surface area contributed by atoms with Crippen LogP contribution in [0.3, 0.4) is 0 Å². The van der Waals surface area contributed by atoms with E-state index in [1.54, 1.807) is 25.1 Å². The molecule has 2 heterocycles. The molecule has 0 aliphatic carbocycles. The van der Waals surface area contributed by atoms with E-state index < -0.39 is 0 Å². The highest BCUT2D eigenvalue weighted by Crippen LogP contribution is 2.20. The van der Waals surface area contributed by atoms with Crippen LogP contribution in [0.1, 0.15) is 27.3 Å². The van der Waals surface area contributed by atoms with Gasteiger partial charge in [0.05, 0.1) is 29.6 Å². The van der Waals surface area contributed by atoms with Crippen molar-refractivity contribution in [2.45, 2.75) is 23.9 Å². The second-order valence-electron chi connectivity index (χ2n) is 5.65. The number of carbonyl (C=O) groups is 1. The molecule has 0 aliphatic rings. The normalized spacial score (nSPS) is 10.7. The molecule has 0 spiro atoms. The van der Waals surface area contributed by atoms with Crippen molar-refractivity contribution in [1.29, 1.82) is 0 Å². The number of thioether (sulfide) groups is 1. The highest BCUT2D eigenvalue weighted by atomic mass is 32.2. The number of H-pyrrole nitrogens is 1. The van der Waals surface area contributed by atoms with Crippen molar-refractivity contribution in [2.24, 2.45) is 0 Å². The maximum absolute atomic E-state index is 12.3. The largest absolute Gasteiger partial charge is 0.378 e. The van der Waals surface area contributed by atoms with Crippen molar-refractivity contribution < 1.29 is 9.53 Å². The Balaban J connectivity index is 1.49. The predicted molar refractivity (Wildman–Crippen MR) is 101 cm³/mol. The second kappa shape index (κ2) is 9.17. The SMILES string of the molecule is COCc1cc(CNC(=O)c2ccc(CSc3ccccn3)cc2)[nH]n1. The zero-order valence-corrected chi connectivity index (χ0v) is 15.3. The zero-order chi connectivity index (χ0) is 18.2. The summed E-state index contributed by atoms with van der Waals surface area (Å²) in [7, 11) is 1.62. The van der Waals surface area contributed by atoms with Gasteiger partial charge in [0, 0.05) is 24.6 Å². The molecule has 2 N–H and O–H groups in total. The van der Waals surface area contributed by atoms with Crippen LogP contribution in [0, 0.1) is 0 Å². The fourth-order valence-electron chi connectivity index (χ4n) is 2.34. The average molecular weight is 368 g/mol. The molecule has 0 unspecified atom stereocenters. The van der Waals surface area contributed by atoms with Gasteiger partial charge in [0.25, 0.3) is 5.91 Å². The Morgan fingerprint density at radius 1 is 1.23 bits per heavy atom. The van der Waals surface area contributed by atoms with Gasteiger partial charge in [-0.1, -0.05) is 18.2 Å². The number of aromatic amines is 1. The van der Waals surface area contributed by atoms with Crippen molar-refractivity contribution in [3.8, 4) is 0 Å². The van der Waals surface area contributed by atoms with Gasteiger partial charge in [-0.05, 0) is 35.9 Å². The number of hydrogen-bond acceptors (Lipinski definition) is 5. The van der Waals surface area contributed by atoms with E-state index in [0.717, 1.165) is 27.7 Å². The van der Waals surface area contributed by atoms with E-state index in [0.29, 0.717) is 18.7 Å². The monoisotopic (exact) mass is 368 g/mol. The van der Waals surface area contributed by atoms with Gasteiger partial charge < -0.3 is 10.1 Å². The smallest absolute Gasteiger partial charge is 0.251 e. The predicted octanol–water partition coefficient (Wildman–Crippen LogP) is 3.17. The van der Waals surface area contributed by atoms with Crippen LogP contribution >= 0.6 is 11.8 Å². The molecule has 26 heavy (non-hydrogen) atoms. The molecule has 0 atom stereocenters. The molecular weight excluding hydrogens is 348 g/mol. The highest BCUT2D eigenvalue weighted by Gasteiger charge is 2.07. The number of rotatable bonds is 8. The molecule has 0 saturated heterocycles. The summed E-state index contributed by atoms with van der Waals surface area (Å²) < 4.78 is 5.02. The van der Waals surface area contributed by atoms with Crippen LogP contribution in [-0.4, -0.2) is 28.2 Å². The number of aromatic nitrogens is 3. The molecule has 2 aromatic heterocycles. The lowest BCUT2D eigenvalue weighted by atomic mass is 10.1. The third kappa shape index (κ3) is 5.18. The first-order valence-electron chi connectivity index (χ1n) is 8.17. The quantitative estimate of drug-likeness (QED) is 0.597. The average Bonchev–Trinajstić information content (AvgIpc) is 3.13. The molecule has 0 fully saturated rings. The first kappa shape index (κ1) is 18.2. The lowest BCUT2D eigenvalue weighted by Gasteiger charge is -2.05. The van der Waals surface area contributed by atoms with E-state index in [9.17, 15) is 4.79 Å². The Hall–Kier alpha value is -2.64. The molecule has 1 aromatic carbocycles. The van der Waals surface area contributed by atoms with Gasteiger partial charge in [-0.25, -0.2) is 4.98 Å². The fraction of sp³-hybridized carbons (Fsp3) is 0.211. The summed E-state index contributed by atoms with van der Waals surface area (Å²) >= 11 is 1.67. The maximum atomic E-state index is 12.3. The number of pyridine rings is 1. The molecule has 0 saturated carbocycles. The van der Waals surface area contributed by atoms with Crippen LogP contribution in [-0.2, 0) is 23.6 Å². The number of nitrogens with zero attached hydrogens (tertiary/aromatic N) is 2. The Morgan fingerprint density at radius 3 is 2.81 bits per heavy atom. The summed E-state index contributed by atoms with van der Waals surface area (Å²) in [5.74, 6) is 0.701. The van der Waals surface area contributed by atoms with E-state index in [1.807, 2.05) is 48.5 Å².